The number of methoxy groups -OCH3 is 2. The lowest BCUT2D eigenvalue weighted by Crippen LogP contribution is -2.11. The Bertz CT molecular complexity index is 534. The molecule has 1 rings (SSSR count). The lowest BCUT2D eigenvalue weighted by Gasteiger charge is -2.12. The van der Waals surface area contributed by atoms with Crippen LogP contribution < -0.4 is 4.74 Å². The van der Waals surface area contributed by atoms with Crippen LogP contribution in [0.3, 0.4) is 0 Å². The fourth-order valence-corrected chi connectivity index (χ4v) is 2.52. The molecule has 0 N–H and O–H groups in total. The second-order valence-electron chi connectivity index (χ2n) is 3.19. The van der Waals surface area contributed by atoms with Gasteiger partial charge in [0.2, 0.25) is 0 Å². The van der Waals surface area contributed by atoms with Gasteiger partial charge < -0.3 is 9.47 Å². The van der Waals surface area contributed by atoms with Gasteiger partial charge >= 0.3 is 16.1 Å². The maximum atomic E-state index is 11.8. The Hall–Kier alpha value is -1.60. The van der Waals surface area contributed by atoms with Gasteiger partial charge in [-0.1, -0.05) is 6.07 Å². The molecule has 0 spiro atoms. The highest BCUT2D eigenvalue weighted by atomic mass is 32.2. The molecule has 0 amide bonds. The van der Waals surface area contributed by atoms with Crippen molar-refractivity contribution in [2.24, 2.45) is 0 Å². The molecule has 0 heterocycles. The van der Waals surface area contributed by atoms with Crippen molar-refractivity contribution in [1.29, 1.82) is 0 Å². The van der Waals surface area contributed by atoms with Gasteiger partial charge in [-0.05, 0) is 19.1 Å². The number of para-hydroxylation sites is 1. The standard InChI is InChI=1S/C11H14O6S/c1-4-17-18(13,14)9-7-5-6-8(10(9)15-2)11(12)16-3/h5-7H,4H2,1-3H3. The number of rotatable bonds is 5. The molecule has 0 aromatic heterocycles. The second kappa shape index (κ2) is 5.83. The van der Waals surface area contributed by atoms with E-state index in [0.29, 0.717) is 0 Å². The van der Waals surface area contributed by atoms with Crippen molar-refractivity contribution in [3.8, 4) is 5.75 Å². The van der Waals surface area contributed by atoms with E-state index in [2.05, 4.69) is 8.92 Å². The molecule has 7 heteroatoms. The van der Waals surface area contributed by atoms with Gasteiger partial charge in [0.15, 0.2) is 5.75 Å². The maximum Gasteiger partial charge on any atom is 0.341 e. The van der Waals surface area contributed by atoms with Gasteiger partial charge in [-0.2, -0.15) is 8.42 Å². The van der Waals surface area contributed by atoms with Gasteiger partial charge in [0.25, 0.3) is 0 Å². The first-order chi connectivity index (χ1) is 8.47. The molecule has 0 fully saturated rings. The largest absolute Gasteiger partial charge is 0.494 e. The van der Waals surface area contributed by atoms with Gasteiger partial charge in [-0.3, -0.25) is 4.18 Å². The second-order valence-corrected chi connectivity index (χ2v) is 4.77. The average molecular weight is 274 g/mol. The topological polar surface area (TPSA) is 78.9 Å². The van der Waals surface area contributed by atoms with Gasteiger partial charge in [0, 0.05) is 0 Å². The molecular formula is C11H14O6S. The van der Waals surface area contributed by atoms with Gasteiger partial charge in [0.05, 0.1) is 20.8 Å². The predicted molar refractivity (Wildman–Crippen MR) is 63.1 cm³/mol. The smallest absolute Gasteiger partial charge is 0.341 e. The third-order valence-electron chi connectivity index (χ3n) is 2.13. The van der Waals surface area contributed by atoms with Crippen LogP contribution in [0.2, 0.25) is 0 Å². The molecule has 0 saturated heterocycles. The van der Waals surface area contributed by atoms with Crippen LogP contribution in [0.4, 0.5) is 0 Å². The fraction of sp³-hybridized carbons (Fsp3) is 0.364. The molecule has 1 aromatic rings. The lowest BCUT2D eigenvalue weighted by atomic mass is 10.2. The quantitative estimate of drug-likeness (QED) is 0.593. The molecule has 0 atom stereocenters. The van der Waals surface area contributed by atoms with E-state index >= 15 is 0 Å². The summed E-state index contributed by atoms with van der Waals surface area (Å²) in [5.41, 5.74) is 0.0285. The highest BCUT2D eigenvalue weighted by molar-refractivity contribution is 7.86. The zero-order valence-electron chi connectivity index (χ0n) is 10.3. The fourth-order valence-electron chi connectivity index (χ4n) is 1.41. The van der Waals surface area contributed by atoms with Crippen molar-refractivity contribution in [3.05, 3.63) is 23.8 Å². The minimum atomic E-state index is -3.95. The summed E-state index contributed by atoms with van der Waals surface area (Å²) in [6, 6.07) is 4.13. The number of hydrogen-bond acceptors (Lipinski definition) is 6. The molecule has 0 saturated carbocycles. The summed E-state index contributed by atoms with van der Waals surface area (Å²) in [7, 11) is -1.48. The van der Waals surface area contributed by atoms with Gasteiger partial charge in [-0.25, -0.2) is 4.79 Å². The molecule has 0 unspecified atom stereocenters. The van der Waals surface area contributed by atoms with E-state index in [1.54, 1.807) is 6.92 Å². The van der Waals surface area contributed by atoms with Crippen molar-refractivity contribution in [3.63, 3.8) is 0 Å². The predicted octanol–water partition coefficient (Wildman–Crippen LogP) is 1.21. The Balaban J connectivity index is 3.43. The van der Waals surface area contributed by atoms with E-state index in [9.17, 15) is 13.2 Å². The molecule has 6 nitrogen and oxygen atoms in total. The summed E-state index contributed by atoms with van der Waals surface area (Å²) in [6.07, 6.45) is 0. The Morgan fingerprint density at radius 1 is 1.28 bits per heavy atom. The minimum Gasteiger partial charge on any atom is -0.494 e. The molecule has 100 valence electrons. The number of ether oxygens (including phenoxy) is 2. The monoisotopic (exact) mass is 274 g/mol. The van der Waals surface area contributed by atoms with Crippen LogP contribution in [0.5, 0.6) is 5.75 Å². The van der Waals surface area contributed by atoms with E-state index in [1.807, 2.05) is 0 Å². The zero-order chi connectivity index (χ0) is 13.8. The van der Waals surface area contributed by atoms with E-state index in [4.69, 9.17) is 4.74 Å². The lowest BCUT2D eigenvalue weighted by molar-refractivity contribution is 0.0596. The van der Waals surface area contributed by atoms with E-state index in [0.717, 1.165) is 0 Å². The van der Waals surface area contributed by atoms with Crippen LogP contribution in [0.25, 0.3) is 0 Å². The number of carbonyl (C=O) groups is 1. The normalized spacial score (nSPS) is 11.1. The van der Waals surface area contributed by atoms with Crippen LogP contribution >= 0.6 is 0 Å². The van der Waals surface area contributed by atoms with Crippen LogP contribution in [0.15, 0.2) is 23.1 Å². The third-order valence-corrected chi connectivity index (χ3v) is 3.54. The molecule has 0 aliphatic carbocycles. The molecule has 0 aliphatic rings. The Morgan fingerprint density at radius 2 is 1.94 bits per heavy atom. The maximum absolute atomic E-state index is 11.8. The van der Waals surface area contributed by atoms with Crippen molar-refractivity contribution < 1.29 is 26.9 Å². The number of carbonyl (C=O) groups excluding carboxylic acids is 1. The van der Waals surface area contributed by atoms with Crippen LogP contribution in [-0.2, 0) is 19.0 Å². The van der Waals surface area contributed by atoms with E-state index in [-0.39, 0.29) is 22.8 Å². The first kappa shape index (κ1) is 14.5. The summed E-state index contributed by atoms with van der Waals surface area (Å²) >= 11 is 0. The summed E-state index contributed by atoms with van der Waals surface area (Å²) in [6.45, 7) is 1.54. The summed E-state index contributed by atoms with van der Waals surface area (Å²) < 4.78 is 37.8. The van der Waals surface area contributed by atoms with Crippen molar-refractivity contribution in [2.75, 3.05) is 20.8 Å². The molecule has 1 aromatic carbocycles. The number of hydrogen-bond donors (Lipinski definition) is 0. The minimum absolute atomic E-state index is 0.00601. The highest BCUT2D eigenvalue weighted by Gasteiger charge is 2.25. The van der Waals surface area contributed by atoms with Crippen LogP contribution in [0.1, 0.15) is 17.3 Å². The molecule has 0 bridgehead atoms. The average Bonchev–Trinajstić information content (AvgIpc) is 2.36. The van der Waals surface area contributed by atoms with E-state index < -0.39 is 16.1 Å². The first-order valence-electron chi connectivity index (χ1n) is 5.12. The summed E-state index contributed by atoms with van der Waals surface area (Å²) in [5, 5.41) is 0. The summed E-state index contributed by atoms with van der Waals surface area (Å²) in [4.78, 5) is 11.3. The van der Waals surface area contributed by atoms with E-state index in [1.165, 1.54) is 32.4 Å². The Kier molecular flexibility index (Phi) is 4.69. The molecular weight excluding hydrogens is 260 g/mol. The Labute approximate surface area is 106 Å². The molecule has 18 heavy (non-hydrogen) atoms. The van der Waals surface area contributed by atoms with Crippen molar-refractivity contribution in [1.82, 2.24) is 0 Å². The first-order valence-corrected chi connectivity index (χ1v) is 6.53. The summed E-state index contributed by atoms with van der Waals surface area (Å²) in [5.74, 6) is -0.766. The highest BCUT2D eigenvalue weighted by Crippen LogP contribution is 2.29. The molecule has 0 radical (unpaired) electrons. The van der Waals surface area contributed by atoms with Crippen LogP contribution in [0, 0.1) is 0 Å². The van der Waals surface area contributed by atoms with Gasteiger partial charge in [-0.15, -0.1) is 0 Å². The Morgan fingerprint density at radius 3 is 2.44 bits per heavy atom. The number of benzene rings is 1. The third kappa shape index (κ3) is 2.80. The number of esters is 1. The van der Waals surface area contributed by atoms with Crippen molar-refractivity contribution in [2.45, 2.75) is 11.8 Å². The molecule has 0 aliphatic heterocycles. The van der Waals surface area contributed by atoms with Gasteiger partial charge in [0.1, 0.15) is 10.5 Å². The van der Waals surface area contributed by atoms with Crippen molar-refractivity contribution >= 4 is 16.1 Å². The zero-order valence-corrected chi connectivity index (χ0v) is 11.1. The van der Waals surface area contributed by atoms with Crippen LogP contribution in [-0.4, -0.2) is 35.2 Å². The SMILES string of the molecule is CCOS(=O)(=O)c1cccc(C(=O)OC)c1OC.